The third-order valence-electron chi connectivity index (χ3n) is 3.47. The molecule has 1 N–H and O–H groups in total. The van der Waals surface area contributed by atoms with Crippen molar-refractivity contribution in [1.82, 2.24) is 15.1 Å². The summed E-state index contributed by atoms with van der Waals surface area (Å²) in [6.07, 6.45) is 3.02. The number of aromatic nitrogens is 2. The predicted molar refractivity (Wildman–Crippen MR) is 85.1 cm³/mol. The Morgan fingerprint density at radius 3 is 2.75 bits per heavy atom. The van der Waals surface area contributed by atoms with Crippen molar-refractivity contribution >= 4 is 11.6 Å². The average molecular weight is 292 g/mol. The van der Waals surface area contributed by atoms with Crippen LogP contribution in [0, 0.1) is 6.92 Å². The molecule has 2 aromatic rings. The molecule has 4 heteroatoms. The van der Waals surface area contributed by atoms with Crippen molar-refractivity contribution in [3.63, 3.8) is 0 Å². The Morgan fingerprint density at radius 2 is 2.10 bits per heavy atom. The molecule has 20 heavy (non-hydrogen) atoms. The standard InChI is InChI=1S/C16H22ClN3/c1-4-8-20-12(3)15(11-19-20)13-6-7-14(10-18-5-2)16(17)9-13/h6-7,9,11,18H,4-5,8,10H2,1-3H3. The molecular weight excluding hydrogens is 270 g/mol. The molecule has 108 valence electrons. The van der Waals surface area contributed by atoms with Crippen molar-refractivity contribution in [2.24, 2.45) is 0 Å². The number of hydrogen-bond acceptors (Lipinski definition) is 2. The number of benzene rings is 1. The molecule has 0 atom stereocenters. The summed E-state index contributed by atoms with van der Waals surface area (Å²) >= 11 is 6.37. The number of hydrogen-bond donors (Lipinski definition) is 1. The van der Waals surface area contributed by atoms with E-state index in [-0.39, 0.29) is 0 Å². The molecule has 2 rings (SSSR count). The van der Waals surface area contributed by atoms with Crippen LogP contribution in [0.25, 0.3) is 11.1 Å². The Balaban J connectivity index is 2.27. The Bertz CT molecular complexity index is 575. The minimum atomic E-state index is 0.809. The van der Waals surface area contributed by atoms with Crippen LogP contribution < -0.4 is 5.32 Å². The monoisotopic (exact) mass is 291 g/mol. The van der Waals surface area contributed by atoms with Gasteiger partial charge in [0.2, 0.25) is 0 Å². The van der Waals surface area contributed by atoms with Crippen LogP contribution in [0.1, 0.15) is 31.5 Å². The summed E-state index contributed by atoms with van der Waals surface area (Å²) in [6.45, 7) is 9.07. The lowest BCUT2D eigenvalue weighted by molar-refractivity contribution is 0.587. The zero-order valence-corrected chi connectivity index (χ0v) is 13.2. The van der Waals surface area contributed by atoms with E-state index >= 15 is 0 Å². The van der Waals surface area contributed by atoms with Crippen molar-refractivity contribution in [2.75, 3.05) is 6.54 Å². The first-order chi connectivity index (χ1) is 9.67. The third-order valence-corrected chi connectivity index (χ3v) is 3.82. The first kappa shape index (κ1) is 15.1. The first-order valence-electron chi connectivity index (χ1n) is 7.19. The van der Waals surface area contributed by atoms with Gasteiger partial charge in [-0.25, -0.2) is 0 Å². The van der Waals surface area contributed by atoms with Crippen molar-refractivity contribution in [1.29, 1.82) is 0 Å². The summed E-state index contributed by atoms with van der Waals surface area (Å²) < 4.78 is 2.05. The van der Waals surface area contributed by atoms with E-state index < -0.39 is 0 Å². The predicted octanol–water partition coefficient (Wildman–Crippen LogP) is 4.03. The van der Waals surface area contributed by atoms with Crippen LogP contribution in [0.3, 0.4) is 0 Å². The van der Waals surface area contributed by atoms with Gasteiger partial charge in [-0.15, -0.1) is 0 Å². The molecule has 0 aliphatic carbocycles. The Morgan fingerprint density at radius 1 is 1.30 bits per heavy atom. The molecular formula is C16H22ClN3. The van der Waals surface area contributed by atoms with E-state index in [0.717, 1.165) is 47.8 Å². The van der Waals surface area contributed by atoms with Crippen LogP contribution in [0.4, 0.5) is 0 Å². The van der Waals surface area contributed by atoms with Gasteiger partial charge in [-0.3, -0.25) is 4.68 Å². The molecule has 0 saturated carbocycles. The lowest BCUT2D eigenvalue weighted by Crippen LogP contribution is -2.11. The van der Waals surface area contributed by atoms with Gasteiger partial charge in [0.25, 0.3) is 0 Å². The molecule has 1 heterocycles. The molecule has 0 unspecified atom stereocenters. The molecule has 0 aliphatic heterocycles. The SMILES string of the molecule is CCCn1ncc(-c2ccc(CNCC)c(Cl)c2)c1C. The third kappa shape index (κ3) is 3.22. The molecule has 3 nitrogen and oxygen atoms in total. The highest BCUT2D eigenvalue weighted by Gasteiger charge is 2.10. The molecule has 1 aromatic heterocycles. The maximum atomic E-state index is 6.37. The van der Waals surface area contributed by atoms with Crippen LogP contribution in [0.5, 0.6) is 0 Å². The molecule has 0 saturated heterocycles. The second-order valence-electron chi connectivity index (χ2n) is 4.95. The molecule has 1 aromatic carbocycles. The summed E-state index contributed by atoms with van der Waals surface area (Å²) in [5.74, 6) is 0. The Labute approximate surface area is 126 Å². The average Bonchev–Trinajstić information content (AvgIpc) is 2.79. The zero-order valence-electron chi connectivity index (χ0n) is 12.4. The second kappa shape index (κ2) is 6.91. The fourth-order valence-electron chi connectivity index (χ4n) is 2.29. The summed E-state index contributed by atoms with van der Waals surface area (Å²) in [4.78, 5) is 0. The van der Waals surface area contributed by atoms with Crippen molar-refractivity contribution < 1.29 is 0 Å². The highest BCUT2D eigenvalue weighted by atomic mass is 35.5. The van der Waals surface area contributed by atoms with Gasteiger partial charge in [-0.2, -0.15) is 5.10 Å². The maximum Gasteiger partial charge on any atom is 0.0571 e. The summed E-state index contributed by atoms with van der Waals surface area (Å²) in [7, 11) is 0. The van der Waals surface area contributed by atoms with Crippen molar-refractivity contribution in [2.45, 2.75) is 40.3 Å². The number of nitrogens with one attached hydrogen (secondary N) is 1. The van der Waals surface area contributed by atoms with E-state index in [1.165, 1.54) is 5.69 Å². The second-order valence-corrected chi connectivity index (χ2v) is 5.36. The van der Waals surface area contributed by atoms with Crippen molar-refractivity contribution in [3.8, 4) is 11.1 Å². The fraction of sp³-hybridized carbons (Fsp3) is 0.438. The Hall–Kier alpha value is -1.32. The minimum Gasteiger partial charge on any atom is -0.313 e. The number of aryl methyl sites for hydroxylation is 1. The van der Waals surface area contributed by atoms with Crippen LogP contribution in [0.2, 0.25) is 5.02 Å². The number of rotatable bonds is 6. The van der Waals surface area contributed by atoms with Gasteiger partial charge in [-0.05, 0) is 37.1 Å². The van der Waals surface area contributed by atoms with Crippen LogP contribution in [-0.2, 0) is 13.1 Å². The van der Waals surface area contributed by atoms with E-state index in [1.807, 2.05) is 12.3 Å². The van der Waals surface area contributed by atoms with Crippen LogP contribution in [0.15, 0.2) is 24.4 Å². The van der Waals surface area contributed by atoms with Gasteiger partial charge in [0.05, 0.1) is 6.20 Å². The summed E-state index contributed by atoms with van der Waals surface area (Å²) in [6, 6.07) is 6.25. The quantitative estimate of drug-likeness (QED) is 0.871. The smallest absolute Gasteiger partial charge is 0.0571 e. The lowest BCUT2D eigenvalue weighted by Gasteiger charge is -2.08. The maximum absolute atomic E-state index is 6.37. The van der Waals surface area contributed by atoms with Gasteiger partial charge in [-0.1, -0.05) is 37.6 Å². The largest absolute Gasteiger partial charge is 0.313 e. The van der Waals surface area contributed by atoms with Gasteiger partial charge >= 0.3 is 0 Å². The van der Waals surface area contributed by atoms with Gasteiger partial charge < -0.3 is 5.32 Å². The van der Waals surface area contributed by atoms with E-state index in [2.05, 4.69) is 48.0 Å². The minimum absolute atomic E-state index is 0.809. The molecule has 0 amide bonds. The van der Waals surface area contributed by atoms with Gasteiger partial charge in [0.15, 0.2) is 0 Å². The zero-order chi connectivity index (χ0) is 14.5. The van der Waals surface area contributed by atoms with E-state index in [4.69, 9.17) is 11.6 Å². The molecule has 0 bridgehead atoms. The van der Waals surface area contributed by atoms with Gasteiger partial charge in [0, 0.05) is 29.4 Å². The first-order valence-corrected chi connectivity index (χ1v) is 7.57. The topological polar surface area (TPSA) is 29.9 Å². The highest BCUT2D eigenvalue weighted by molar-refractivity contribution is 6.31. The molecule has 0 fully saturated rings. The fourth-order valence-corrected chi connectivity index (χ4v) is 2.53. The number of halogens is 1. The lowest BCUT2D eigenvalue weighted by atomic mass is 10.0. The van der Waals surface area contributed by atoms with Gasteiger partial charge in [0.1, 0.15) is 0 Å². The molecule has 0 aliphatic rings. The molecule has 0 radical (unpaired) electrons. The summed E-state index contributed by atoms with van der Waals surface area (Å²) in [5.41, 5.74) is 4.63. The summed E-state index contributed by atoms with van der Waals surface area (Å²) in [5, 5.41) is 8.55. The van der Waals surface area contributed by atoms with E-state index in [1.54, 1.807) is 0 Å². The van der Waals surface area contributed by atoms with Crippen LogP contribution in [-0.4, -0.2) is 16.3 Å². The van der Waals surface area contributed by atoms with Crippen LogP contribution >= 0.6 is 11.6 Å². The highest BCUT2D eigenvalue weighted by Crippen LogP contribution is 2.28. The normalized spacial score (nSPS) is 11.0. The molecule has 0 spiro atoms. The Kier molecular flexibility index (Phi) is 5.21. The van der Waals surface area contributed by atoms with E-state index in [9.17, 15) is 0 Å². The number of nitrogens with zero attached hydrogens (tertiary/aromatic N) is 2. The van der Waals surface area contributed by atoms with E-state index in [0.29, 0.717) is 0 Å². The van der Waals surface area contributed by atoms with Crippen molar-refractivity contribution in [3.05, 3.63) is 40.7 Å².